The molecule has 0 bridgehead atoms. The zero-order valence-corrected chi connectivity index (χ0v) is 13.1. The van der Waals surface area contributed by atoms with Crippen LogP contribution in [0, 0.1) is 11.8 Å². The molecule has 0 atom stereocenters. The third-order valence-electron chi connectivity index (χ3n) is 4.36. The largest absolute Gasteiger partial charge is 0.342 e. The van der Waals surface area contributed by atoms with Gasteiger partial charge in [-0.3, -0.25) is 10.4 Å². The summed E-state index contributed by atoms with van der Waals surface area (Å²) in [5.74, 6) is 7.93. The second kappa shape index (κ2) is 7.84. The van der Waals surface area contributed by atoms with Crippen LogP contribution < -0.4 is 11.3 Å². The zero-order valence-electron chi connectivity index (χ0n) is 13.1. The molecule has 0 radical (unpaired) electrons. The summed E-state index contributed by atoms with van der Waals surface area (Å²) < 4.78 is 0. The zero-order chi connectivity index (χ0) is 14.4. The molecule has 0 aliphatic carbocycles. The molecule has 5 nitrogen and oxygen atoms in total. The number of nitrogens with two attached hydrogens (primary N) is 1. The highest BCUT2D eigenvalue weighted by molar-refractivity contribution is 5.79. The van der Waals surface area contributed by atoms with E-state index in [1.54, 1.807) is 0 Å². The van der Waals surface area contributed by atoms with Crippen molar-refractivity contribution < 1.29 is 0 Å². The first-order chi connectivity index (χ1) is 9.69. The van der Waals surface area contributed by atoms with Gasteiger partial charge in [0.2, 0.25) is 5.96 Å². The molecule has 0 saturated carbocycles. The van der Waals surface area contributed by atoms with E-state index in [9.17, 15) is 0 Å². The Balaban J connectivity index is 1.75. The van der Waals surface area contributed by atoms with Crippen LogP contribution in [0.25, 0.3) is 0 Å². The molecule has 2 heterocycles. The van der Waals surface area contributed by atoms with E-state index in [-0.39, 0.29) is 0 Å². The quantitative estimate of drug-likeness (QED) is 0.353. The van der Waals surface area contributed by atoms with Crippen LogP contribution in [0.15, 0.2) is 4.99 Å². The van der Waals surface area contributed by atoms with Gasteiger partial charge >= 0.3 is 0 Å². The molecular weight excluding hydrogens is 250 g/mol. The fourth-order valence-electron chi connectivity index (χ4n) is 3.16. The monoisotopic (exact) mass is 281 g/mol. The fraction of sp³-hybridized carbons (Fsp3) is 0.933. The Bertz CT molecular complexity index is 301. The number of aliphatic imine (C=N–C) groups is 1. The number of likely N-dealkylation sites (tertiary alicyclic amines) is 2. The van der Waals surface area contributed by atoms with Gasteiger partial charge in [0.1, 0.15) is 0 Å². The predicted molar refractivity (Wildman–Crippen MR) is 84.4 cm³/mol. The lowest BCUT2D eigenvalue weighted by molar-refractivity contribution is 0.198. The van der Waals surface area contributed by atoms with E-state index in [0.29, 0.717) is 5.92 Å². The van der Waals surface area contributed by atoms with Gasteiger partial charge in [0.05, 0.1) is 0 Å². The number of guanidine groups is 1. The molecule has 0 aromatic rings. The van der Waals surface area contributed by atoms with E-state index in [1.807, 2.05) is 0 Å². The molecule has 0 aromatic carbocycles. The number of hydrogen-bond acceptors (Lipinski definition) is 3. The molecule has 0 spiro atoms. The van der Waals surface area contributed by atoms with Crippen LogP contribution in [0.4, 0.5) is 0 Å². The topological polar surface area (TPSA) is 56.9 Å². The summed E-state index contributed by atoms with van der Waals surface area (Å²) in [4.78, 5) is 9.53. The van der Waals surface area contributed by atoms with E-state index < -0.39 is 0 Å². The maximum absolute atomic E-state index is 5.63. The predicted octanol–water partition coefficient (Wildman–Crippen LogP) is 1.27. The molecule has 2 aliphatic heterocycles. The second-order valence-electron chi connectivity index (χ2n) is 6.64. The molecule has 116 valence electrons. The highest BCUT2D eigenvalue weighted by Gasteiger charge is 2.24. The standard InChI is InChI=1S/C15H31N5/c1-13(2)11-17-15(18-16)20-9-5-14(6-10-20)12-19-7-3-4-8-19/h13-14H,3-12,16H2,1-2H3,(H,17,18). The van der Waals surface area contributed by atoms with Crippen LogP contribution in [-0.4, -0.2) is 55.0 Å². The van der Waals surface area contributed by atoms with E-state index in [1.165, 1.54) is 45.3 Å². The first-order valence-electron chi connectivity index (χ1n) is 8.17. The molecule has 5 heteroatoms. The molecule has 20 heavy (non-hydrogen) atoms. The van der Waals surface area contributed by atoms with Crippen molar-refractivity contribution in [1.29, 1.82) is 0 Å². The Hall–Kier alpha value is -0.810. The molecule has 0 unspecified atom stereocenters. The van der Waals surface area contributed by atoms with E-state index in [0.717, 1.165) is 31.5 Å². The molecular formula is C15H31N5. The van der Waals surface area contributed by atoms with Gasteiger partial charge in [0, 0.05) is 26.2 Å². The first-order valence-corrected chi connectivity index (χ1v) is 8.17. The lowest BCUT2D eigenvalue weighted by Gasteiger charge is -2.35. The van der Waals surface area contributed by atoms with Gasteiger partial charge in [-0.05, 0) is 50.6 Å². The van der Waals surface area contributed by atoms with E-state index in [4.69, 9.17) is 5.84 Å². The van der Waals surface area contributed by atoms with Crippen molar-refractivity contribution in [2.75, 3.05) is 39.3 Å². The fourth-order valence-corrected chi connectivity index (χ4v) is 3.16. The van der Waals surface area contributed by atoms with Crippen molar-refractivity contribution in [2.45, 2.75) is 39.5 Å². The van der Waals surface area contributed by atoms with Gasteiger partial charge in [-0.1, -0.05) is 13.8 Å². The molecule has 0 amide bonds. The lowest BCUT2D eigenvalue weighted by Crippen LogP contribution is -2.49. The lowest BCUT2D eigenvalue weighted by atomic mass is 9.96. The maximum Gasteiger partial charge on any atom is 0.208 e. The SMILES string of the molecule is CC(C)CN=C(NN)N1CCC(CN2CCCC2)CC1. The van der Waals surface area contributed by atoms with Crippen molar-refractivity contribution in [3.05, 3.63) is 0 Å². The summed E-state index contributed by atoms with van der Waals surface area (Å²) in [6, 6.07) is 0. The minimum Gasteiger partial charge on any atom is -0.342 e. The Labute approximate surface area is 123 Å². The van der Waals surface area contributed by atoms with Gasteiger partial charge < -0.3 is 9.80 Å². The number of nitrogens with zero attached hydrogens (tertiary/aromatic N) is 3. The second-order valence-corrected chi connectivity index (χ2v) is 6.64. The van der Waals surface area contributed by atoms with Crippen molar-refractivity contribution >= 4 is 5.96 Å². The number of rotatable bonds is 4. The van der Waals surface area contributed by atoms with E-state index in [2.05, 4.69) is 34.1 Å². The summed E-state index contributed by atoms with van der Waals surface area (Å²) in [6.07, 6.45) is 5.31. The minimum atomic E-state index is 0.575. The summed E-state index contributed by atoms with van der Waals surface area (Å²) in [5, 5.41) is 0. The van der Waals surface area contributed by atoms with Crippen LogP contribution in [0.2, 0.25) is 0 Å². The Morgan fingerprint density at radius 3 is 2.40 bits per heavy atom. The Morgan fingerprint density at radius 2 is 1.85 bits per heavy atom. The molecule has 3 N–H and O–H groups in total. The van der Waals surface area contributed by atoms with Gasteiger partial charge in [-0.25, -0.2) is 5.84 Å². The van der Waals surface area contributed by atoms with Crippen LogP contribution in [0.1, 0.15) is 39.5 Å². The summed E-state index contributed by atoms with van der Waals surface area (Å²) >= 11 is 0. The van der Waals surface area contributed by atoms with Crippen LogP contribution in [0.3, 0.4) is 0 Å². The number of nitrogens with one attached hydrogen (secondary N) is 1. The first kappa shape index (κ1) is 15.6. The normalized spacial score (nSPS) is 22.8. The summed E-state index contributed by atoms with van der Waals surface area (Å²) in [7, 11) is 0. The van der Waals surface area contributed by atoms with E-state index >= 15 is 0 Å². The Morgan fingerprint density at radius 1 is 1.20 bits per heavy atom. The van der Waals surface area contributed by atoms with Crippen LogP contribution in [0.5, 0.6) is 0 Å². The average Bonchev–Trinajstić information content (AvgIpc) is 2.94. The van der Waals surface area contributed by atoms with Crippen molar-refractivity contribution in [1.82, 2.24) is 15.2 Å². The maximum atomic E-state index is 5.63. The van der Waals surface area contributed by atoms with Crippen molar-refractivity contribution in [3.63, 3.8) is 0 Å². The van der Waals surface area contributed by atoms with Crippen LogP contribution in [-0.2, 0) is 0 Å². The highest BCUT2D eigenvalue weighted by atomic mass is 15.4. The third kappa shape index (κ3) is 4.63. The summed E-state index contributed by atoms with van der Waals surface area (Å²) in [5.41, 5.74) is 2.78. The number of piperidine rings is 1. The van der Waals surface area contributed by atoms with Gasteiger partial charge in [0.15, 0.2) is 0 Å². The molecule has 0 aromatic heterocycles. The minimum absolute atomic E-state index is 0.575. The molecule has 2 saturated heterocycles. The molecule has 2 rings (SSSR count). The smallest absolute Gasteiger partial charge is 0.208 e. The Kier molecular flexibility index (Phi) is 6.10. The molecule has 2 fully saturated rings. The van der Waals surface area contributed by atoms with Gasteiger partial charge in [0.25, 0.3) is 0 Å². The van der Waals surface area contributed by atoms with Gasteiger partial charge in [-0.2, -0.15) is 0 Å². The average molecular weight is 281 g/mol. The van der Waals surface area contributed by atoms with Crippen LogP contribution >= 0.6 is 0 Å². The van der Waals surface area contributed by atoms with Gasteiger partial charge in [-0.15, -0.1) is 0 Å². The third-order valence-corrected chi connectivity index (χ3v) is 4.36. The summed E-state index contributed by atoms with van der Waals surface area (Å²) in [6.45, 7) is 11.3. The van der Waals surface area contributed by atoms with Crippen molar-refractivity contribution in [3.8, 4) is 0 Å². The molecule has 2 aliphatic rings. The van der Waals surface area contributed by atoms with Crippen molar-refractivity contribution in [2.24, 2.45) is 22.7 Å². The number of hydrazine groups is 1. The number of hydrogen-bond donors (Lipinski definition) is 2. The highest BCUT2D eigenvalue weighted by Crippen LogP contribution is 2.20.